The third-order valence-electron chi connectivity index (χ3n) is 3.56. The number of hydrogen-bond acceptors (Lipinski definition) is 5. The largest absolute Gasteiger partial charge is 0.416 e. The third-order valence-corrected chi connectivity index (χ3v) is 3.56. The Morgan fingerprint density at radius 3 is 2.07 bits per heavy atom. The minimum absolute atomic E-state index is 0.264. The lowest BCUT2D eigenvalue weighted by Gasteiger charge is -2.12. The monoisotopic (exact) mass is 369 g/mol. The molecule has 2 N–H and O–H groups in total. The van der Waals surface area contributed by atoms with Gasteiger partial charge in [-0.25, -0.2) is 9.97 Å². The van der Waals surface area contributed by atoms with Gasteiger partial charge in [-0.15, -0.1) is 0 Å². The van der Waals surface area contributed by atoms with E-state index in [0.717, 1.165) is 12.1 Å². The average molecular weight is 369 g/mol. The highest BCUT2D eigenvalue weighted by Gasteiger charge is 2.30. The molecule has 27 heavy (non-hydrogen) atoms. The predicted octanol–water partition coefficient (Wildman–Crippen LogP) is 5.16. The zero-order valence-corrected chi connectivity index (χ0v) is 14.2. The molecule has 3 rings (SSSR count). The Balaban J connectivity index is 1.84. The van der Waals surface area contributed by atoms with Gasteiger partial charge in [0.2, 0.25) is 0 Å². The Labute approximate surface area is 153 Å². The van der Waals surface area contributed by atoms with Crippen LogP contribution in [0.2, 0.25) is 0 Å². The Morgan fingerprint density at radius 2 is 1.48 bits per heavy atom. The molecular formula is C19H14F3N5. The minimum Gasteiger partial charge on any atom is -0.340 e. The number of nitrogens with zero attached hydrogens (tertiary/aromatic N) is 3. The summed E-state index contributed by atoms with van der Waals surface area (Å²) in [7, 11) is 0. The minimum atomic E-state index is -4.42. The first kappa shape index (κ1) is 18.2. The number of rotatable bonds is 4. The molecule has 2 aromatic carbocycles. The van der Waals surface area contributed by atoms with E-state index in [1.165, 1.54) is 12.1 Å². The van der Waals surface area contributed by atoms with Crippen LogP contribution in [0.25, 0.3) is 0 Å². The van der Waals surface area contributed by atoms with Crippen LogP contribution in [0.4, 0.5) is 36.2 Å². The molecule has 0 saturated carbocycles. The van der Waals surface area contributed by atoms with Crippen LogP contribution in [0.15, 0.2) is 54.6 Å². The molecule has 5 nitrogen and oxygen atoms in total. The maximum Gasteiger partial charge on any atom is 0.416 e. The maximum absolute atomic E-state index is 12.9. The number of nitrogens with one attached hydrogen (secondary N) is 2. The molecule has 0 unspecified atom stereocenters. The molecule has 0 aliphatic carbocycles. The molecule has 0 aliphatic heterocycles. The molecule has 0 aliphatic rings. The van der Waals surface area contributed by atoms with Crippen molar-refractivity contribution in [1.82, 2.24) is 9.97 Å². The number of benzene rings is 2. The van der Waals surface area contributed by atoms with E-state index in [-0.39, 0.29) is 5.69 Å². The van der Waals surface area contributed by atoms with Gasteiger partial charge in [0.1, 0.15) is 17.5 Å². The van der Waals surface area contributed by atoms with E-state index in [9.17, 15) is 13.2 Å². The van der Waals surface area contributed by atoms with Crippen molar-refractivity contribution in [1.29, 1.82) is 5.26 Å². The van der Waals surface area contributed by atoms with Gasteiger partial charge in [-0.05, 0) is 43.3 Å². The van der Waals surface area contributed by atoms with Crippen molar-refractivity contribution in [3.63, 3.8) is 0 Å². The summed E-state index contributed by atoms with van der Waals surface area (Å²) in [5, 5.41) is 14.9. The van der Waals surface area contributed by atoms with Gasteiger partial charge in [-0.3, -0.25) is 0 Å². The summed E-state index contributed by atoms with van der Waals surface area (Å²) in [6.07, 6.45) is -4.42. The standard InChI is InChI=1S/C19H14F3N5/c1-12-24-17(26-15-6-2-4-13(8-15)11-23)10-18(25-12)27-16-7-3-5-14(9-16)19(20,21)22/h2-10H,1H3,(H2,24,25,26,27). The first-order valence-electron chi connectivity index (χ1n) is 7.91. The smallest absolute Gasteiger partial charge is 0.340 e. The SMILES string of the molecule is Cc1nc(Nc2cccc(C#N)c2)cc(Nc2cccc(C(F)(F)F)c2)n1. The zero-order valence-electron chi connectivity index (χ0n) is 14.2. The van der Waals surface area contributed by atoms with Gasteiger partial charge in [0.25, 0.3) is 0 Å². The molecule has 1 aromatic heterocycles. The molecule has 136 valence electrons. The van der Waals surface area contributed by atoms with E-state index in [0.29, 0.717) is 28.7 Å². The second-order valence-electron chi connectivity index (χ2n) is 5.71. The average Bonchev–Trinajstić information content (AvgIpc) is 2.61. The van der Waals surface area contributed by atoms with Crippen molar-refractivity contribution in [2.24, 2.45) is 0 Å². The van der Waals surface area contributed by atoms with Crippen LogP contribution < -0.4 is 10.6 Å². The zero-order chi connectivity index (χ0) is 19.4. The fourth-order valence-electron chi connectivity index (χ4n) is 2.43. The van der Waals surface area contributed by atoms with Crippen LogP contribution in [0.1, 0.15) is 17.0 Å². The molecule has 0 saturated heterocycles. The van der Waals surface area contributed by atoms with Crippen LogP contribution >= 0.6 is 0 Å². The summed E-state index contributed by atoms with van der Waals surface area (Å²) in [4.78, 5) is 8.46. The van der Waals surface area contributed by atoms with Gasteiger partial charge in [0.05, 0.1) is 17.2 Å². The topological polar surface area (TPSA) is 73.6 Å². The molecule has 0 spiro atoms. The van der Waals surface area contributed by atoms with E-state index in [2.05, 4.69) is 20.6 Å². The summed E-state index contributed by atoms with van der Waals surface area (Å²) in [6.45, 7) is 1.67. The van der Waals surface area contributed by atoms with Crippen molar-refractivity contribution in [2.75, 3.05) is 10.6 Å². The number of aromatic nitrogens is 2. The van der Waals surface area contributed by atoms with Gasteiger partial charge in [0, 0.05) is 17.4 Å². The summed E-state index contributed by atoms with van der Waals surface area (Å²) in [6, 6.07) is 15.3. The number of anilines is 4. The Hall–Kier alpha value is -3.60. The summed E-state index contributed by atoms with van der Waals surface area (Å²) in [5.74, 6) is 1.23. The highest BCUT2D eigenvalue weighted by atomic mass is 19.4. The van der Waals surface area contributed by atoms with Crippen molar-refractivity contribution in [2.45, 2.75) is 13.1 Å². The lowest BCUT2D eigenvalue weighted by Crippen LogP contribution is -2.06. The molecule has 1 heterocycles. The van der Waals surface area contributed by atoms with E-state index in [4.69, 9.17) is 5.26 Å². The molecule has 8 heteroatoms. The van der Waals surface area contributed by atoms with Crippen molar-refractivity contribution in [3.05, 3.63) is 71.5 Å². The van der Waals surface area contributed by atoms with E-state index in [1.807, 2.05) is 6.07 Å². The van der Waals surface area contributed by atoms with Gasteiger partial charge >= 0.3 is 6.18 Å². The summed E-state index contributed by atoms with van der Waals surface area (Å²) >= 11 is 0. The fourth-order valence-corrected chi connectivity index (χ4v) is 2.43. The van der Waals surface area contributed by atoms with Crippen LogP contribution in [-0.2, 0) is 6.18 Å². The number of alkyl halides is 3. The van der Waals surface area contributed by atoms with Crippen LogP contribution in [-0.4, -0.2) is 9.97 Å². The van der Waals surface area contributed by atoms with Crippen LogP contribution in [0.5, 0.6) is 0 Å². The highest BCUT2D eigenvalue weighted by molar-refractivity contribution is 5.64. The van der Waals surface area contributed by atoms with E-state index < -0.39 is 11.7 Å². The van der Waals surface area contributed by atoms with Crippen LogP contribution in [0.3, 0.4) is 0 Å². The molecule has 0 bridgehead atoms. The first-order chi connectivity index (χ1) is 12.8. The van der Waals surface area contributed by atoms with E-state index in [1.54, 1.807) is 37.3 Å². The Bertz CT molecular complexity index is 1010. The molecule has 0 amide bonds. The van der Waals surface area contributed by atoms with Crippen molar-refractivity contribution in [3.8, 4) is 6.07 Å². The van der Waals surface area contributed by atoms with Gasteiger partial charge < -0.3 is 10.6 Å². The number of hydrogen-bond donors (Lipinski definition) is 2. The highest BCUT2D eigenvalue weighted by Crippen LogP contribution is 2.31. The van der Waals surface area contributed by atoms with E-state index >= 15 is 0 Å². The van der Waals surface area contributed by atoms with Crippen molar-refractivity contribution < 1.29 is 13.2 Å². The van der Waals surface area contributed by atoms with Gasteiger partial charge in [-0.1, -0.05) is 12.1 Å². The molecule has 0 fully saturated rings. The number of nitriles is 1. The fraction of sp³-hybridized carbons (Fsp3) is 0.105. The summed E-state index contributed by atoms with van der Waals surface area (Å²) in [5.41, 5.74) is 0.676. The maximum atomic E-state index is 12.9. The van der Waals surface area contributed by atoms with Crippen molar-refractivity contribution >= 4 is 23.0 Å². The lowest BCUT2D eigenvalue weighted by molar-refractivity contribution is -0.137. The lowest BCUT2D eigenvalue weighted by atomic mass is 10.2. The second-order valence-corrected chi connectivity index (χ2v) is 5.71. The Kier molecular flexibility index (Phi) is 4.94. The molecule has 0 radical (unpaired) electrons. The molecule has 3 aromatic rings. The quantitative estimate of drug-likeness (QED) is 0.664. The number of halogens is 3. The first-order valence-corrected chi connectivity index (χ1v) is 7.91. The third kappa shape index (κ3) is 4.73. The Morgan fingerprint density at radius 1 is 0.889 bits per heavy atom. The predicted molar refractivity (Wildman–Crippen MR) is 95.9 cm³/mol. The second kappa shape index (κ2) is 7.33. The van der Waals surface area contributed by atoms with Crippen LogP contribution in [0, 0.1) is 18.3 Å². The molecule has 0 atom stereocenters. The normalized spacial score (nSPS) is 10.9. The number of aryl methyl sites for hydroxylation is 1. The van der Waals surface area contributed by atoms with Gasteiger partial charge in [0.15, 0.2) is 0 Å². The summed E-state index contributed by atoms with van der Waals surface area (Å²) < 4.78 is 38.6. The van der Waals surface area contributed by atoms with Gasteiger partial charge in [-0.2, -0.15) is 18.4 Å². The molecular weight excluding hydrogens is 355 g/mol.